The number of carbonyl (C=O) groups excluding carboxylic acids is 2. The molecule has 0 fully saturated rings. The Kier molecular flexibility index (Phi) is 6.22. The van der Waals surface area contributed by atoms with Crippen LogP contribution in [-0.4, -0.2) is 23.3 Å². The van der Waals surface area contributed by atoms with Gasteiger partial charge in [0, 0.05) is 6.08 Å². The molecule has 0 aliphatic heterocycles. The molecule has 1 aromatic carbocycles. The van der Waals surface area contributed by atoms with Crippen LogP contribution in [0.15, 0.2) is 30.5 Å². The Morgan fingerprint density at radius 2 is 1.70 bits per heavy atom. The lowest BCUT2D eigenvalue weighted by atomic mass is 10.1. The number of pyridine rings is 1. The Labute approximate surface area is 149 Å². The van der Waals surface area contributed by atoms with Crippen molar-refractivity contribution in [2.45, 2.75) is 6.92 Å². The molecule has 2 rings (SSSR count). The van der Waals surface area contributed by atoms with Gasteiger partial charge in [0.1, 0.15) is 11.6 Å². The molecule has 0 saturated carbocycles. The first-order valence-corrected chi connectivity index (χ1v) is 7.39. The van der Waals surface area contributed by atoms with Crippen LogP contribution in [0.2, 0.25) is 0 Å². The first-order chi connectivity index (χ1) is 12.8. The lowest BCUT2D eigenvalue weighted by molar-refractivity contribution is -0.137. The number of aromatic nitrogens is 1. The van der Waals surface area contributed by atoms with Gasteiger partial charge in [-0.3, -0.25) is 4.79 Å². The normalized spacial score (nSPS) is 10.9. The third kappa shape index (κ3) is 4.46. The second kappa shape index (κ2) is 8.39. The average molecular weight is 386 g/mol. The van der Waals surface area contributed by atoms with Crippen LogP contribution in [0.25, 0.3) is 0 Å². The molecule has 0 amide bonds. The third-order valence-electron chi connectivity index (χ3n) is 3.15. The first-order valence-electron chi connectivity index (χ1n) is 7.39. The Bertz CT molecular complexity index is 914. The number of ketones is 1. The van der Waals surface area contributed by atoms with Crippen LogP contribution < -0.4 is 5.32 Å². The molecule has 0 radical (unpaired) electrons. The first kappa shape index (κ1) is 20.0. The van der Waals surface area contributed by atoms with Crippen LogP contribution in [-0.2, 0) is 9.53 Å². The van der Waals surface area contributed by atoms with Crippen LogP contribution in [0.3, 0.4) is 0 Å². The van der Waals surface area contributed by atoms with Crippen LogP contribution >= 0.6 is 0 Å². The van der Waals surface area contributed by atoms with E-state index in [9.17, 15) is 31.5 Å². The predicted molar refractivity (Wildman–Crippen MR) is 83.9 cm³/mol. The van der Waals surface area contributed by atoms with Gasteiger partial charge >= 0.3 is 5.97 Å². The van der Waals surface area contributed by atoms with Crippen molar-refractivity contribution in [1.29, 1.82) is 0 Å². The second-order valence-electron chi connectivity index (χ2n) is 4.94. The van der Waals surface area contributed by atoms with Crippen molar-refractivity contribution >= 4 is 23.3 Å². The van der Waals surface area contributed by atoms with Crippen molar-refractivity contribution in [3.63, 3.8) is 0 Å². The van der Waals surface area contributed by atoms with Crippen molar-refractivity contribution in [2.75, 3.05) is 11.9 Å². The zero-order chi connectivity index (χ0) is 20.1. The topological polar surface area (TPSA) is 68.3 Å². The van der Waals surface area contributed by atoms with Crippen LogP contribution in [0, 0.1) is 29.1 Å². The Morgan fingerprint density at radius 1 is 1.04 bits per heavy atom. The number of allylic oxidation sites excluding steroid dienone is 1. The van der Waals surface area contributed by atoms with Crippen molar-refractivity contribution in [3.8, 4) is 0 Å². The Morgan fingerprint density at radius 3 is 2.30 bits per heavy atom. The van der Waals surface area contributed by atoms with E-state index < -0.39 is 52.1 Å². The number of hydrogen-bond donors (Lipinski definition) is 1. The number of halogens is 5. The lowest BCUT2D eigenvalue weighted by Gasteiger charge is -2.13. The molecular formula is C17H11F5N2O3. The molecule has 27 heavy (non-hydrogen) atoms. The van der Waals surface area contributed by atoms with Crippen molar-refractivity contribution < 1.29 is 36.3 Å². The van der Waals surface area contributed by atoms with Gasteiger partial charge in [0.15, 0.2) is 29.1 Å². The molecule has 142 valence electrons. The van der Waals surface area contributed by atoms with E-state index in [1.165, 1.54) is 6.92 Å². The second-order valence-corrected chi connectivity index (χ2v) is 4.94. The summed E-state index contributed by atoms with van der Waals surface area (Å²) in [6.45, 7) is 1.49. The van der Waals surface area contributed by atoms with Crippen molar-refractivity contribution in [1.82, 2.24) is 4.98 Å². The SMILES string of the molecule is CCOC(=O)/C=C/C(=O)c1c(F)c(F)c(F)c(F)c1Nc1ccc(F)cn1. The van der Waals surface area contributed by atoms with E-state index in [4.69, 9.17) is 0 Å². The van der Waals surface area contributed by atoms with E-state index in [2.05, 4.69) is 15.0 Å². The van der Waals surface area contributed by atoms with Crippen LogP contribution in [0.1, 0.15) is 17.3 Å². The molecule has 0 aliphatic rings. The molecule has 2 aromatic rings. The molecule has 5 nitrogen and oxygen atoms in total. The highest BCUT2D eigenvalue weighted by atomic mass is 19.2. The minimum absolute atomic E-state index is 0.00539. The molecule has 0 atom stereocenters. The highest BCUT2D eigenvalue weighted by molar-refractivity contribution is 6.11. The zero-order valence-electron chi connectivity index (χ0n) is 13.7. The van der Waals surface area contributed by atoms with E-state index in [1.807, 2.05) is 0 Å². The van der Waals surface area contributed by atoms with Crippen LogP contribution in [0.4, 0.5) is 33.5 Å². The average Bonchev–Trinajstić information content (AvgIpc) is 2.64. The quantitative estimate of drug-likeness (QED) is 0.204. The highest BCUT2D eigenvalue weighted by Crippen LogP contribution is 2.31. The fraction of sp³-hybridized carbons (Fsp3) is 0.118. The van der Waals surface area contributed by atoms with E-state index in [1.54, 1.807) is 0 Å². The third-order valence-corrected chi connectivity index (χ3v) is 3.15. The number of hydrogen-bond acceptors (Lipinski definition) is 5. The molecule has 0 saturated heterocycles. The summed E-state index contributed by atoms with van der Waals surface area (Å²) in [6, 6.07) is 1.91. The molecule has 0 bridgehead atoms. The monoisotopic (exact) mass is 386 g/mol. The van der Waals surface area contributed by atoms with E-state index in [0.717, 1.165) is 18.3 Å². The fourth-order valence-electron chi connectivity index (χ4n) is 1.98. The molecule has 0 spiro atoms. The van der Waals surface area contributed by atoms with Gasteiger partial charge in [0.2, 0.25) is 0 Å². The minimum atomic E-state index is -2.21. The number of rotatable bonds is 6. The number of nitrogens with one attached hydrogen (secondary N) is 1. The Balaban J connectivity index is 2.52. The Hall–Kier alpha value is -3.30. The van der Waals surface area contributed by atoms with E-state index >= 15 is 0 Å². The maximum Gasteiger partial charge on any atom is 0.330 e. The van der Waals surface area contributed by atoms with Gasteiger partial charge < -0.3 is 10.1 Å². The number of ether oxygens (including phenoxy) is 1. The zero-order valence-corrected chi connectivity index (χ0v) is 13.7. The number of nitrogens with zero attached hydrogens (tertiary/aromatic N) is 1. The van der Waals surface area contributed by atoms with Gasteiger partial charge in [0.05, 0.1) is 24.1 Å². The van der Waals surface area contributed by atoms with Gasteiger partial charge in [-0.05, 0) is 25.1 Å². The molecule has 0 aliphatic carbocycles. The van der Waals surface area contributed by atoms with Gasteiger partial charge in [-0.25, -0.2) is 31.7 Å². The number of anilines is 2. The van der Waals surface area contributed by atoms with Gasteiger partial charge in [0.25, 0.3) is 0 Å². The molecular weight excluding hydrogens is 375 g/mol. The van der Waals surface area contributed by atoms with Crippen molar-refractivity contribution in [2.24, 2.45) is 0 Å². The highest BCUT2D eigenvalue weighted by Gasteiger charge is 2.28. The van der Waals surface area contributed by atoms with Gasteiger partial charge in [-0.15, -0.1) is 0 Å². The largest absolute Gasteiger partial charge is 0.463 e. The molecule has 0 unspecified atom stereocenters. The van der Waals surface area contributed by atoms with E-state index in [0.29, 0.717) is 12.2 Å². The summed E-state index contributed by atoms with van der Waals surface area (Å²) in [7, 11) is 0. The summed E-state index contributed by atoms with van der Waals surface area (Å²) in [5.74, 6) is -11.6. The molecule has 1 N–H and O–H groups in total. The molecule has 1 aromatic heterocycles. The minimum Gasteiger partial charge on any atom is -0.463 e. The fourth-order valence-corrected chi connectivity index (χ4v) is 1.98. The van der Waals surface area contributed by atoms with E-state index in [-0.39, 0.29) is 12.4 Å². The van der Waals surface area contributed by atoms with Crippen molar-refractivity contribution in [3.05, 3.63) is 65.1 Å². The van der Waals surface area contributed by atoms with Crippen LogP contribution in [0.5, 0.6) is 0 Å². The molecule has 1 heterocycles. The summed E-state index contributed by atoms with van der Waals surface area (Å²) in [5, 5.41) is 2.10. The maximum absolute atomic E-state index is 14.1. The van der Waals surface area contributed by atoms with Gasteiger partial charge in [-0.2, -0.15) is 0 Å². The maximum atomic E-state index is 14.1. The summed E-state index contributed by atoms with van der Waals surface area (Å²) in [5.41, 5.74) is -2.28. The predicted octanol–water partition coefficient (Wildman–Crippen LogP) is 3.82. The van der Waals surface area contributed by atoms with Gasteiger partial charge in [-0.1, -0.05) is 0 Å². The number of benzene rings is 1. The standard InChI is InChI=1S/C17H11F5N2O3/c1-2-27-11(26)6-4-9(25)12-13(19)14(20)15(21)16(22)17(12)24-10-5-3-8(18)7-23-10/h3-7H,2H2,1H3,(H,23,24)/b6-4+. The number of carbonyl (C=O) groups is 2. The summed E-state index contributed by atoms with van der Waals surface area (Å²) >= 11 is 0. The lowest BCUT2D eigenvalue weighted by Crippen LogP contribution is -2.13. The summed E-state index contributed by atoms with van der Waals surface area (Å²) in [4.78, 5) is 26.9. The summed E-state index contributed by atoms with van der Waals surface area (Å²) < 4.78 is 72.8. The molecule has 10 heteroatoms. The number of esters is 1. The summed E-state index contributed by atoms with van der Waals surface area (Å²) in [6.07, 6.45) is 1.85. The smallest absolute Gasteiger partial charge is 0.330 e.